The summed E-state index contributed by atoms with van der Waals surface area (Å²) < 4.78 is 1.04. The molecule has 0 atom stereocenters. The van der Waals surface area contributed by atoms with Crippen molar-refractivity contribution in [2.24, 2.45) is 0 Å². The molecule has 1 N–H and O–H groups in total. The van der Waals surface area contributed by atoms with E-state index in [1.54, 1.807) is 0 Å². The molecule has 0 aliphatic carbocycles. The quantitative estimate of drug-likeness (QED) is 0.711. The molecule has 2 heteroatoms. The van der Waals surface area contributed by atoms with Crippen LogP contribution < -0.4 is 5.32 Å². The fourth-order valence-corrected chi connectivity index (χ4v) is 1.46. The second kappa shape index (κ2) is 7.81. The second-order valence-electron chi connectivity index (χ2n) is 3.17. The third-order valence-corrected chi connectivity index (χ3v) is 2.14. The largest absolute Gasteiger partial charge is 0.309 e. The number of nitrogens with one attached hydrogen (secondary N) is 1. The van der Waals surface area contributed by atoms with Crippen molar-refractivity contribution in [3.63, 3.8) is 0 Å². The molecule has 72 valence electrons. The van der Waals surface area contributed by atoms with E-state index in [4.69, 9.17) is 0 Å². The summed E-state index contributed by atoms with van der Waals surface area (Å²) in [4.78, 5) is 0. The van der Waals surface area contributed by atoms with Gasteiger partial charge in [0.1, 0.15) is 0 Å². The van der Waals surface area contributed by atoms with Crippen molar-refractivity contribution >= 4 is 15.9 Å². The zero-order valence-electron chi connectivity index (χ0n) is 8.20. The van der Waals surface area contributed by atoms with Gasteiger partial charge in [0.05, 0.1) is 0 Å². The van der Waals surface area contributed by atoms with Crippen molar-refractivity contribution in [2.45, 2.75) is 45.6 Å². The first-order chi connectivity index (χ1) is 5.70. The molecule has 0 aromatic carbocycles. The lowest BCUT2D eigenvalue weighted by molar-refractivity contribution is 0.463. The topological polar surface area (TPSA) is 12.0 Å². The number of rotatable bonds is 7. The fraction of sp³-hybridized carbons (Fsp3) is 0.800. The van der Waals surface area contributed by atoms with Crippen LogP contribution >= 0.6 is 15.9 Å². The van der Waals surface area contributed by atoms with E-state index in [9.17, 15) is 0 Å². The summed E-state index contributed by atoms with van der Waals surface area (Å²) in [5, 5.41) is 3.47. The smallest absolute Gasteiger partial charge is 0.0268 e. The average Bonchev–Trinajstić information content (AvgIpc) is 2.01. The number of hydrogen-bond acceptors (Lipinski definition) is 1. The molecular weight excluding hydrogens is 214 g/mol. The monoisotopic (exact) mass is 233 g/mol. The summed E-state index contributed by atoms with van der Waals surface area (Å²) in [6.07, 6.45) is 5.06. The van der Waals surface area contributed by atoms with Crippen LogP contribution in [0.5, 0.6) is 0 Å². The Balaban J connectivity index is 3.54. The molecule has 0 saturated carbocycles. The normalized spacial score (nSPS) is 10.7. The highest BCUT2D eigenvalue weighted by Crippen LogP contribution is 2.06. The average molecular weight is 234 g/mol. The highest BCUT2D eigenvalue weighted by Gasteiger charge is 2.04. The van der Waals surface area contributed by atoms with Crippen molar-refractivity contribution in [2.75, 3.05) is 6.54 Å². The molecule has 1 nitrogen and oxygen atoms in total. The van der Waals surface area contributed by atoms with Crippen LogP contribution in [-0.4, -0.2) is 12.6 Å². The zero-order valence-corrected chi connectivity index (χ0v) is 9.78. The van der Waals surface area contributed by atoms with Crippen molar-refractivity contribution in [1.82, 2.24) is 5.32 Å². The van der Waals surface area contributed by atoms with E-state index in [0.29, 0.717) is 6.04 Å². The van der Waals surface area contributed by atoms with Gasteiger partial charge in [0.25, 0.3) is 0 Å². The lowest BCUT2D eigenvalue weighted by atomic mass is 10.1. The first kappa shape index (κ1) is 12.2. The molecule has 0 aromatic rings. The minimum absolute atomic E-state index is 0.675. The predicted molar refractivity (Wildman–Crippen MR) is 59.7 cm³/mol. The molecular formula is C10H20BrN. The minimum Gasteiger partial charge on any atom is -0.309 e. The van der Waals surface area contributed by atoms with E-state index < -0.39 is 0 Å². The van der Waals surface area contributed by atoms with Crippen LogP contribution in [0.25, 0.3) is 0 Å². The molecule has 0 radical (unpaired) electrons. The molecule has 12 heavy (non-hydrogen) atoms. The fourth-order valence-electron chi connectivity index (χ4n) is 1.30. The second-order valence-corrected chi connectivity index (χ2v) is 4.29. The summed E-state index contributed by atoms with van der Waals surface area (Å²) in [6.45, 7) is 9.15. The van der Waals surface area contributed by atoms with Gasteiger partial charge in [0.15, 0.2) is 0 Å². The zero-order chi connectivity index (χ0) is 9.40. The molecule has 0 fully saturated rings. The van der Waals surface area contributed by atoms with Crippen LogP contribution in [0.4, 0.5) is 0 Å². The van der Waals surface area contributed by atoms with Crippen LogP contribution in [0.2, 0.25) is 0 Å². The third-order valence-electron chi connectivity index (χ3n) is 1.86. The lowest BCUT2D eigenvalue weighted by Gasteiger charge is -2.16. The van der Waals surface area contributed by atoms with Crippen molar-refractivity contribution in [3.8, 4) is 0 Å². The van der Waals surface area contributed by atoms with Crippen LogP contribution in [0.15, 0.2) is 11.1 Å². The Kier molecular flexibility index (Phi) is 7.93. The molecule has 0 aliphatic heterocycles. The first-order valence-electron chi connectivity index (χ1n) is 4.77. The summed E-state index contributed by atoms with van der Waals surface area (Å²) in [5.74, 6) is 0. The van der Waals surface area contributed by atoms with Gasteiger partial charge in [-0.3, -0.25) is 0 Å². The SMILES string of the molecule is C=C(Br)CNC(CCC)CCC. The summed E-state index contributed by atoms with van der Waals surface area (Å²) in [7, 11) is 0. The Bertz CT molecular complexity index is 117. The van der Waals surface area contributed by atoms with Gasteiger partial charge in [0.2, 0.25) is 0 Å². The molecule has 0 spiro atoms. The minimum atomic E-state index is 0.675. The van der Waals surface area contributed by atoms with Gasteiger partial charge in [-0.05, 0) is 12.8 Å². The maximum absolute atomic E-state index is 3.80. The first-order valence-corrected chi connectivity index (χ1v) is 5.56. The highest BCUT2D eigenvalue weighted by atomic mass is 79.9. The molecule has 0 saturated heterocycles. The highest BCUT2D eigenvalue weighted by molar-refractivity contribution is 9.11. The van der Waals surface area contributed by atoms with E-state index in [1.165, 1.54) is 25.7 Å². The van der Waals surface area contributed by atoms with Crippen LogP contribution in [0.3, 0.4) is 0 Å². The standard InChI is InChI=1S/C10H20BrN/c1-4-6-10(7-5-2)12-8-9(3)11/h10,12H,3-8H2,1-2H3. The van der Waals surface area contributed by atoms with Gasteiger partial charge < -0.3 is 5.32 Å². The van der Waals surface area contributed by atoms with E-state index >= 15 is 0 Å². The molecule has 0 aliphatic rings. The Hall–Kier alpha value is 0.180. The lowest BCUT2D eigenvalue weighted by Crippen LogP contribution is -2.29. The van der Waals surface area contributed by atoms with E-state index in [0.717, 1.165) is 11.0 Å². The maximum Gasteiger partial charge on any atom is 0.0268 e. The van der Waals surface area contributed by atoms with Crippen molar-refractivity contribution < 1.29 is 0 Å². The van der Waals surface area contributed by atoms with Gasteiger partial charge in [0, 0.05) is 17.1 Å². The summed E-state index contributed by atoms with van der Waals surface area (Å²) in [6, 6.07) is 0.675. The van der Waals surface area contributed by atoms with E-state index in [2.05, 4.69) is 41.7 Å². The Morgan fingerprint density at radius 2 is 1.83 bits per heavy atom. The molecule has 0 unspecified atom stereocenters. The molecule has 0 bridgehead atoms. The molecule has 0 amide bonds. The third kappa shape index (κ3) is 6.86. The Labute approximate surface area is 84.8 Å². The van der Waals surface area contributed by atoms with Gasteiger partial charge in [-0.15, -0.1) is 0 Å². The van der Waals surface area contributed by atoms with Gasteiger partial charge in [-0.1, -0.05) is 49.2 Å². The maximum atomic E-state index is 3.80. The van der Waals surface area contributed by atoms with Gasteiger partial charge in [-0.2, -0.15) is 0 Å². The van der Waals surface area contributed by atoms with Crippen molar-refractivity contribution in [1.29, 1.82) is 0 Å². The Morgan fingerprint density at radius 3 is 2.17 bits per heavy atom. The molecule has 0 aromatic heterocycles. The van der Waals surface area contributed by atoms with E-state index in [-0.39, 0.29) is 0 Å². The van der Waals surface area contributed by atoms with Crippen LogP contribution in [0, 0.1) is 0 Å². The summed E-state index contributed by atoms with van der Waals surface area (Å²) in [5.41, 5.74) is 0. The van der Waals surface area contributed by atoms with Crippen molar-refractivity contribution in [3.05, 3.63) is 11.1 Å². The van der Waals surface area contributed by atoms with E-state index in [1.807, 2.05) is 0 Å². The molecule has 0 heterocycles. The number of hydrogen-bond donors (Lipinski definition) is 1. The number of halogens is 1. The van der Waals surface area contributed by atoms with Gasteiger partial charge >= 0.3 is 0 Å². The molecule has 0 rings (SSSR count). The summed E-state index contributed by atoms with van der Waals surface area (Å²) >= 11 is 3.35. The predicted octanol–water partition coefficient (Wildman–Crippen LogP) is 3.45. The van der Waals surface area contributed by atoms with Crippen LogP contribution in [-0.2, 0) is 0 Å². The van der Waals surface area contributed by atoms with Gasteiger partial charge in [-0.25, -0.2) is 0 Å². The van der Waals surface area contributed by atoms with Crippen LogP contribution in [0.1, 0.15) is 39.5 Å². The Morgan fingerprint density at radius 1 is 1.33 bits per heavy atom.